The number of hydrogen-bond donors (Lipinski definition) is 1. The van der Waals surface area contributed by atoms with Gasteiger partial charge in [0.2, 0.25) is 5.91 Å². The fraction of sp³-hybridized carbons (Fsp3) is 0.929. The summed E-state index contributed by atoms with van der Waals surface area (Å²) in [5, 5.41) is 3.31. The van der Waals surface area contributed by atoms with Crippen molar-refractivity contribution >= 4 is 5.91 Å². The molecule has 4 nitrogen and oxygen atoms in total. The topological polar surface area (TPSA) is 41.6 Å². The summed E-state index contributed by atoms with van der Waals surface area (Å²) in [6.07, 6.45) is 3.49. The highest BCUT2D eigenvalue weighted by molar-refractivity contribution is 5.83. The van der Waals surface area contributed by atoms with Crippen LogP contribution in [0.5, 0.6) is 0 Å². The second-order valence-corrected chi connectivity index (χ2v) is 6.06. The van der Waals surface area contributed by atoms with Gasteiger partial charge in [0.05, 0.1) is 12.0 Å². The van der Waals surface area contributed by atoms with E-state index in [4.69, 9.17) is 4.74 Å². The van der Waals surface area contributed by atoms with E-state index in [-0.39, 0.29) is 5.41 Å². The Morgan fingerprint density at radius 2 is 2.28 bits per heavy atom. The normalized spacial score (nSPS) is 29.3. The third-order valence-electron chi connectivity index (χ3n) is 4.48. The summed E-state index contributed by atoms with van der Waals surface area (Å²) in [7, 11) is 1.70. The number of carbonyl (C=O) groups is 1. The molecule has 0 aromatic carbocycles. The maximum Gasteiger partial charge on any atom is 0.230 e. The molecule has 1 aliphatic carbocycles. The quantitative estimate of drug-likeness (QED) is 0.776. The smallest absolute Gasteiger partial charge is 0.230 e. The molecular weight excluding hydrogens is 228 g/mol. The molecule has 2 aliphatic rings. The van der Waals surface area contributed by atoms with Gasteiger partial charge in [-0.25, -0.2) is 0 Å². The third kappa shape index (κ3) is 2.86. The fourth-order valence-corrected chi connectivity index (χ4v) is 2.86. The molecule has 0 radical (unpaired) electrons. The molecule has 0 bridgehead atoms. The van der Waals surface area contributed by atoms with E-state index >= 15 is 0 Å². The Morgan fingerprint density at radius 1 is 1.56 bits per heavy atom. The van der Waals surface area contributed by atoms with Crippen molar-refractivity contribution < 1.29 is 9.53 Å². The molecule has 2 unspecified atom stereocenters. The first-order valence-electron chi connectivity index (χ1n) is 7.09. The van der Waals surface area contributed by atoms with Gasteiger partial charge in [0.1, 0.15) is 0 Å². The lowest BCUT2D eigenvalue weighted by atomic mass is 9.87. The first-order valence-corrected chi connectivity index (χ1v) is 7.09. The van der Waals surface area contributed by atoms with Crippen LogP contribution < -0.4 is 5.32 Å². The van der Waals surface area contributed by atoms with Crippen LogP contribution >= 0.6 is 0 Å². The Bertz CT molecular complexity index is 296. The van der Waals surface area contributed by atoms with E-state index in [2.05, 4.69) is 24.1 Å². The summed E-state index contributed by atoms with van der Waals surface area (Å²) in [5.41, 5.74) is -0.211. The minimum Gasteiger partial charge on any atom is -0.383 e. The van der Waals surface area contributed by atoms with Gasteiger partial charge in [-0.1, -0.05) is 0 Å². The number of hydrogen-bond acceptors (Lipinski definition) is 3. The van der Waals surface area contributed by atoms with Gasteiger partial charge in [-0.2, -0.15) is 0 Å². The molecule has 2 rings (SSSR count). The Kier molecular flexibility index (Phi) is 4.28. The van der Waals surface area contributed by atoms with Crippen molar-refractivity contribution in [2.45, 2.75) is 39.2 Å². The Morgan fingerprint density at radius 3 is 2.78 bits per heavy atom. The summed E-state index contributed by atoms with van der Waals surface area (Å²) in [5.74, 6) is 1.02. The molecule has 0 spiro atoms. The minimum absolute atomic E-state index is 0.211. The number of rotatable bonds is 6. The average Bonchev–Trinajstić information content (AvgIpc) is 3.12. The van der Waals surface area contributed by atoms with Crippen molar-refractivity contribution in [1.82, 2.24) is 10.2 Å². The zero-order valence-electron chi connectivity index (χ0n) is 11.9. The third-order valence-corrected chi connectivity index (χ3v) is 4.48. The Balaban J connectivity index is 2.04. The van der Waals surface area contributed by atoms with Crippen molar-refractivity contribution in [3.8, 4) is 0 Å². The van der Waals surface area contributed by atoms with Crippen LogP contribution in [0.4, 0.5) is 0 Å². The summed E-state index contributed by atoms with van der Waals surface area (Å²) in [6, 6.07) is 0.366. The first-order chi connectivity index (χ1) is 8.58. The molecule has 2 fully saturated rings. The van der Waals surface area contributed by atoms with E-state index in [1.807, 2.05) is 0 Å². The lowest BCUT2D eigenvalue weighted by Gasteiger charge is -2.35. The monoisotopic (exact) mass is 254 g/mol. The number of ether oxygens (including phenoxy) is 1. The van der Waals surface area contributed by atoms with Crippen molar-refractivity contribution in [2.24, 2.45) is 11.3 Å². The maximum atomic E-state index is 12.8. The molecule has 0 aromatic heterocycles. The highest BCUT2D eigenvalue weighted by atomic mass is 16.5. The lowest BCUT2D eigenvalue weighted by molar-refractivity contribution is -0.143. The highest BCUT2D eigenvalue weighted by Crippen LogP contribution is 2.37. The molecule has 1 saturated carbocycles. The van der Waals surface area contributed by atoms with Gasteiger partial charge < -0.3 is 15.0 Å². The van der Waals surface area contributed by atoms with Crippen molar-refractivity contribution in [1.29, 1.82) is 0 Å². The molecule has 4 heteroatoms. The molecule has 1 aliphatic heterocycles. The van der Waals surface area contributed by atoms with Gasteiger partial charge in [-0.3, -0.25) is 4.79 Å². The number of nitrogens with zero attached hydrogens (tertiary/aromatic N) is 1. The van der Waals surface area contributed by atoms with Crippen LogP contribution in [-0.4, -0.2) is 50.2 Å². The van der Waals surface area contributed by atoms with Crippen LogP contribution in [0.2, 0.25) is 0 Å². The maximum absolute atomic E-state index is 12.8. The molecule has 1 amide bonds. The zero-order chi connectivity index (χ0) is 13.2. The van der Waals surface area contributed by atoms with E-state index in [0.717, 1.165) is 26.1 Å². The first kappa shape index (κ1) is 13.8. The van der Waals surface area contributed by atoms with Crippen LogP contribution in [0.3, 0.4) is 0 Å². The van der Waals surface area contributed by atoms with Gasteiger partial charge in [-0.15, -0.1) is 0 Å². The van der Waals surface area contributed by atoms with Crippen molar-refractivity contribution in [3.63, 3.8) is 0 Å². The largest absolute Gasteiger partial charge is 0.383 e. The van der Waals surface area contributed by atoms with Gasteiger partial charge in [0.25, 0.3) is 0 Å². The average molecular weight is 254 g/mol. The van der Waals surface area contributed by atoms with Crippen molar-refractivity contribution in [2.75, 3.05) is 33.4 Å². The SMILES string of the molecule is COCCN(C(=O)C1(C)CCNC1)C(C)C1CC1. The minimum atomic E-state index is -0.211. The van der Waals surface area contributed by atoms with Gasteiger partial charge >= 0.3 is 0 Å². The van der Waals surface area contributed by atoms with Crippen LogP contribution in [0.15, 0.2) is 0 Å². The summed E-state index contributed by atoms with van der Waals surface area (Å²) >= 11 is 0. The second-order valence-electron chi connectivity index (χ2n) is 6.06. The predicted octanol–water partition coefficient (Wildman–Crippen LogP) is 1.26. The van der Waals surface area contributed by atoms with E-state index in [1.165, 1.54) is 12.8 Å². The number of methoxy groups -OCH3 is 1. The Labute approximate surface area is 110 Å². The van der Waals surface area contributed by atoms with E-state index in [9.17, 15) is 4.79 Å². The van der Waals surface area contributed by atoms with Gasteiger partial charge in [0.15, 0.2) is 0 Å². The number of nitrogens with one attached hydrogen (secondary N) is 1. The lowest BCUT2D eigenvalue weighted by Crippen LogP contribution is -2.49. The van der Waals surface area contributed by atoms with E-state index in [0.29, 0.717) is 24.5 Å². The summed E-state index contributed by atoms with van der Waals surface area (Å²) in [4.78, 5) is 14.8. The van der Waals surface area contributed by atoms with Gasteiger partial charge in [-0.05, 0) is 45.6 Å². The molecule has 1 heterocycles. The van der Waals surface area contributed by atoms with Crippen LogP contribution in [-0.2, 0) is 9.53 Å². The number of carbonyl (C=O) groups excluding carboxylic acids is 1. The molecule has 0 aromatic rings. The van der Waals surface area contributed by atoms with E-state index < -0.39 is 0 Å². The van der Waals surface area contributed by atoms with Crippen LogP contribution in [0, 0.1) is 11.3 Å². The predicted molar refractivity (Wildman–Crippen MR) is 71.4 cm³/mol. The second kappa shape index (κ2) is 5.57. The van der Waals surface area contributed by atoms with Gasteiger partial charge in [0, 0.05) is 26.2 Å². The molecule has 2 atom stereocenters. The standard InChI is InChI=1S/C14H26N2O2/c1-11(12-4-5-12)16(8-9-18-3)13(17)14(2)6-7-15-10-14/h11-12,15H,4-10H2,1-3H3. The van der Waals surface area contributed by atoms with Crippen LogP contribution in [0.25, 0.3) is 0 Å². The van der Waals surface area contributed by atoms with Crippen molar-refractivity contribution in [3.05, 3.63) is 0 Å². The highest BCUT2D eigenvalue weighted by Gasteiger charge is 2.43. The molecule has 1 saturated heterocycles. The van der Waals surface area contributed by atoms with Crippen LogP contribution in [0.1, 0.15) is 33.1 Å². The molecule has 18 heavy (non-hydrogen) atoms. The molecule has 104 valence electrons. The Hall–Kier alpha value is -0.610. The summed E-state index contributed by atoms with van der Waals surface area (Å²) in [6.45, 7) is 7.41. The fourth-order valence-electron chi connectivity index (χ4n) is 2.86. The molecule has 1 N–H and O–H groups in total. The zero-order valence-corrected chi connectivity index (χ0v) is 11.9. The molecular formula is C14H26N2O2. The van der Waals surface area contributed by atoms with E-state index in [1.54, 1.807) is 7.11 Å². The summed E-state index contributed by atoms with van der Waals surface area (Å²) < 4.78 is 5.16. The number of amides is 1.